The Morgan fingerprint density at radius 1 is 0.870 bits per heavy atom. The molecule has 1 rings (SSSR count). The number of aliphatic imine (C=N–C) groups is 1. The molecule has 0 aromatic rings. The van der Waals surface area contributed by atoms with Crippen LogP contribution in [0.15, 0.2) is 4.99 Å². The zero-order valence-corrected chi connectivity index (χ0v) is 15.5. The Morgan fingerprint density at radius 2 is 1.43 bits per heavy atom. The summed E-state index contributed by atoms with van der Waals surface area (Å²) >= 11 is 0. The lowest BCUT2D eigenvalue weighted by atomic mass is 10.0. The molecule has 0 saturated heterocycles. The minimum Gasteiger partial charge on any atom is -0.396 e. The highest BCUT2D eigenvalue weighted by atomic mass is 16.2. The average Bonchev–Trinajstić information content (AvgIpc) is 3.02. The van der Waals surface area contributed by atoms with E-state index < -0.39 is 0 Å². The van der Waals surface area contributed by atoms with E-state index >= 15 is 0 Å². The van der Waals surface area contributed by atoms with Gasteiger partial charge in [-0.15, -0.1) is 0 Å². The third-order valence-corrected chi connectivity index (χ3v) is 4.84. The van der Waals surface area contributed by atoms with E-state index in [1.807, 2.05) is 0 Å². The maximum absolute atomic E-state index is 8.84. The lowest BCUT2D eigenvalue weighted by molar-refractivity contribution is 0.291. The number of hydrogen-bond acceptors (Lipinski definition) is 3. The normalized spacial score (nSPS) is 17.3. The first-order valence-electron chi connectivity index (χ1n) is 10.3. The molecule has 0 aliphatic carbocycles. The maximum atomic E-state index is 8.84. The van der Waals surface area contributed by atoms with Gasteiger partial charge in [0.1, 0.15) is 0 Å². The molecule has 0 amide bonds. The lowest BCUT2D eigenvalue weighted by Gasteiger charge is -2.06. The van der Waals surface area contributed by atoms with E-state index in [4.69, 9.17) is 10.1 Å². The molecule has 0 aromatic carbocycles. The molecule has 0 spiro atoms. The second-order valence-electron chi connectivity index (χ2n) is 7.12. The first kappa shape index (κ1) is 20.5. The molecule has 1 aliphatic heterocycles. The molecular formula is C20H40N2O. The topological polar surface area (TPSA) is 44.6 Å². The van der Waals surface area contributed by atoms with Gasteiger partial charge in [-0.25, -0.2) is 0 Å². The lowest BCUT2D eigenvalue weighted by Crippen LogP contribution is -2.21. The highest BCUT2D eigenvalue weighted by Gasteiger charge is 2.15. The molecule has 23 heavy (non-hydrogen) atoms. The fourth-order valence-corrected chi connectivity index (χ4v) is 3.33. The van der Waals surface area contributed by atoms with Crippen molar-refractivity contribution < 1.29 is 5.11 Å². The molecule has 2 N–H and O–H groups in total. The van der Waals surface area contributed by atoms with Crippen molar-refractivity contribution in [1.29, 1.82) is 0 Å². The summed E-state index contributed by atoms with van der Waals surface area (Å²) in [5.74, 6) is 1.11. The molecule has 3 heteroatoms. The molecular weight excluding hydrogens is 284 g/mol. The van der Waals surface area contributed by atoms with E-state index in [1.54, 1.807) is 0 Å². The Hall–Kier alpha value is -0.570. The van der Waals surface area contributed by atoms with Crippen LogP contribution >= 0.6 is 0 Å². The standard InChI is InChI=1S/C20H40N2O/c1-2-3-4-5-6-7-8-9-10-11-12-13-15-19-18-21-20(22-19)16-14-17-23/h19,23H,2-18H2,1H3,(H,21,22). The largest absolute Gasteiger partial charge is 0.396 e. The van der Waals surface area contributed by atoms with Crippen molar-refractivity contribution in [1.82, 2.24) is 5.32 Å². The first-order chi connectivity index (χ1) is 11.4. The summed E-state index contributed by atoms with van der Waals surface area (Å²) in [5, 5.41) is 12.2. The molecule has 0 fully saturated rings. The molecule has 3 nitrogen and oxygen atoms in total. The Balaban J connectivity index is 1.81. The van der Waals surface area contributed by atoms with Crippen LogP contribution in [0.25, 0.3) is 0 Å². The Bertz CT molecular complexity index is 291. The number of nitrogens with zero attached hydrogens (tertiary/aromatic N) is 1. The highest BCUT2D eigenvalue weighted by molar-refractivity contribution is 5.83. The van der Waals surface area contributed by atoms with E-state index in [9.17, 15) is 0 Å². The van der Waals surface area contributed by atoms with Crippen molar-refractivity contribution in [3.8, 4) is 0 Å². The number of amidine groups is 1. The van der Waals surface area contributed by atoms with Crippen LogP contribution in [0.3, 0.4) is 0 Å². The fourth-order valence-electron chi connectivity index (χ4n) is 3.33. The van der Waals surface area contributed by atoms with Crippen molar-refractivity contribution >= 4 is 5.84 Å². The summed E-state index contributed by atoms with van der Waals surface area (Å²) in [6.07, 6.45) is 19.9. The molecule has 1 atom stereocenters. The molecule has 136 valence electrons. The van der Waals surface area contributed by atoms with Gasteiger partial charge in [0, 0.05) is 19.6 Å². The van der Waals surface area contributed by atoms with Crippen LogP contribution in [-0.4, -0.2) is 30.1 Å². The van der Waals surface area contributed by atoms with Gasteiger partial charge in [-0.3, -0.25) is 4.99 Å². The summed E-state index contributed by atoms with van der Waals surface area (Å²) < 4.78 is 0. The Labute approximate surface area is 144 Å². The minimum atomic E-state index is 0.268. The zero-order chi connectivity index (χ0) is 16.6. The maximum Gasteiger partial charge on any atom is 0.0968 e. The predicted octanol–water partition coefficient (Wildman–Crippen LogP) is 5.22. The van der Waals surface area contributed by atoms with E-state index in [2.05, 4.69) is 12.2 Å². The Kier molecular flexibility index (Phi) is 13.3. The number of unbranched alkanes of at least 4 members (excludes halogenated alkanes) is 11. The second kappa shape index (κ2) is 15.0. The van der Waals surface area contributed by atoms with Crippen LogP contribution in [0.4, 0.5) is 0 Å². The van der Waals surface area contributed by atoms with E-state index in [1.165, 1.54) is 83.5 Å². The number of rotatable bonds is 16. The van der Waals surface area contributed by atoms with E-state index in [0.717, 1.165) is 25.2 Å². The van der Waals surface area contributed by atoms with Crippen LogP contribution < -0.4 is 5.32 Å². The van der Waals surface area contributed by atoms with Gasteiger partial charge in [-0.05, 0) is 12.8 Å². The first-order valence-corrected chi connectivity index (χ1v) is 10.3. The summed E-state index contributed by atoms with van der Waals surface area (Å²) in [5.41, 5.74) is 0. The smallest absolute Gasteiger partial charge is 0.0968 e. The van der Waals surface area contributed by atoms with Gasteiger partial charge >= 0.3 is 0 Å². The quantitative estimate of drug-likeness (QED) is 0.382. The van der Waals surface area contributed by atoms with Crippen molar-refractivity contribution in [2.75, 3.05) is 13.2 Å². The fraction of sp³-hybridized carbons (Fsp3) is 0.950. The summed E-state index contributed by atoms with van der Waals surface area (Å²) in [6.45, 7) is 3.56. The van der Waals surface area contributed by atoms with Crippen LogP contribution in [0.2, 0.25) is 0 Å². The molecule has 1 heterocycles. The van der Waals surface area contributed by atoms with Gasteiger partial charge < -0.3 is 10.4 Å². The average molecular weight is 325 g/mol. The van der Waals surface area contributed by atoms with Crippen LogP contribution in [0.5, 0.6) is 0 Å². The van der Waals surface area contributed by atoms with Gasteiger partial charge in [0.25, 0.3) is 0 Å². The SMILES string of the molecule is CCCCCCCCCCCCCCC1CNC(CCCO)=N1. The molecule has 1 aliphatic rings. The van der Waals surface area contributed by atoms with Gasteiger partial charge in [0.15, 0.2) is 0 Å². The summed E-state index contributed by atoms with van der Waals surface area (Å²) in [4.78, 5) is 4.71. The van der Waals surface area contributed by atoms with E-state index in [-0.39, 0.29) is 6.61 Å². The number of hydrogen-bond donors (Lipinski definition) is 2. The summed E-state index contributed by atoms with van der Waals surface area (Å²) in [6, 6.07) is 0.492. The van der Waals surface area contributed by atoms with Crippen molar-refractivity contribution in [2.45, 2.75) is 109 Å². The minimum absolute atomic E-state index is 0.268. The third-order valence-electron chi connectivity index (χ3n) is 4.84. The van der Waals surface area contributed by atoms with Crippen LogP contribution in [0, 0.1) is 0 Å². The zero-order valence-electron chi connectivity index (χ0n) is 15.5. The van der Waals surface area contributed by atoms with Crippen molar-refractivity contribution in [3.63, 3.8) is 0 Å². The van der Waals surface area contributed by atoms with Gasteiger partial charge in [-0.1, -0.05) is 84.0 Å². The van der Waals surface area contributed by atoms with Gasteiger partial charge in [-0.2, -0.15) is 0 Å². The monoisotopic (exact) mass is 324 g/mol. The van der Waals surface area contributed by atoms with Crippen LogP contribution in [-0.2, 0) is 0 Å². The number of nitrogens with one attached hydrogen (secondary N) is 1. The third kappa shape index (κ3) is 11.6. The van der Waals surface area contributed by atoms with Crippen LogP contribution in [0.1, 0.15) is 103 Å². The van der Waals surface area contributed by atoms with Crippen molar-refractivity contribution in [3.05, 3.63) is 0 Å². The Morgan fingerprint density at radius 3 is 2.00 bits per heavy atom. The number of aliphatic hydroxyl groups excluding tert-OH is 1. The molecule has 0 bridgehead atoms. The molecule has 1 unspecified atom stereocenters. The van der Waals surface area contributed by atoms with Crippen molar-refractivity contribution in [2.24, 2.45) is 4.99 Å². The summed E-state index contributed by atoms with van der Waals surface area (Å²) in [7, 11) is 0. The second-order valence-corrected chi connectivity index (χ2v) is 7.12. The molecule has 0 saturated carbocycles. The van der Waals surface area contributed by atoms with Gasteiger partial charge in [0.2, 0.25) is 0 Å². The number of aliphatic hydroxyl groups is 1. The van der Waals surface area contributed by atoms with E-state index in [0.29, 0.717) is 6.04 Å². The molecule has 0 radical (unpaired) electrons. The van der Waals surface area contributed by atoms with Gasteiger partial charge in [0.05, 0.1) is 11.9 Å². The molecule has 0 aromatic heterocycles. The predicted molar refractivity (Wildman–Crippen MR) is 101 cm³/mol. The highest BCUT2D eigenvalue weighted by Crippen LogP contribution is 2.15.